The van der Waals surface area contributed by atoms with E-state index in [4.69, 9.17) is 5.14 Å². The summed E-state index contributed by atoms with van der Waals surface area (Å²) in [7, 11) is -4.47. The van der Waals surface area contributed by atoms with Crippen LogP contribution in [-0.4, -0.2) is 8.42 Å². The Kier molecular flexibility index (Phi) is 4.64. The van der Waals surface area contributed by atoms with Crippen molar-refractivity contribution >= 4 is 26.5 Å². The lowest BCUT2D eigenvalue weighted by Crippen LogP contribution is -2.19. The van der Waals surface area contributed by atoms with E-state index >= 15 is 0 Å². The normalized spacial score (nSPS) is 12.3. The molecule has 0 atom stereocenters. The summed E-state index contributed by atoms with van der Waals surface area (Å²) < 4.78 is 62.2. The summed E-state index contributed by atoms with van der Waals surface area (Å²) >= 11 is 0. The maximum absolute atomic E-state index is 13.1. The molecular weight excluding hydrogens is 365 g/mol. The van der Waals surface area contributed by atoms with Crippen LogP contribution in [0.5, 0.6) is 0 Å². The molecule has 0 saturated heterocycles. The molecule has 3 rings (SSSR count). The number of primary sulfonamides is 1. The minimum atomic E-state index is -4.83. The van der Waals surface area contributed by atoms with E-state index in [2.05, 4.69) is 5.32 Å². The van der Waals surface area contributed by atoms with E-state index in [0.717, 1.165) is 28.5 Å². The van der Waals surface area contributed by atoms with Crippen LogP contribution < -0.4 is 10.5 Å². The van der Waals surface area contributed by atoms with Crippen molar-refractivity contribution in [2.24, 2.45) is 5.14 Å². The first kappa shape index (κ1) is 18.2. The molecule has 0 saturated carbocycles. The second kappa shape index (κ2) is 6.62. The van der Waals surface area contributed by atoms with Crippen LogP contribution in [0.25, 0.3) is 10.8 Å². The Balaban J connectivity index is 1.87. The number of nitrogens with one attached hydrogen (secondary N) is 1. The van der Waals surface area contributed by atoms with Crippen molar-refractivity contribution in [2.75, 3.05) is 5.32 Å². The van der Waals surface area contributed by atoms with Gasteiger partial charge in [0.15, 0.2) is 0 Å². The fourth-order valence-electron chi connectivity index (χ4n) is 2.66. The van der Waals surface area contributed by atoms with Crippen LogP contribution >= 0.6 is 0 Å². The number of benzene rings is 3. The van der Waals surface area contributed by atoms with Gasteiger partial charge in [-0.1, -0.05) is 36.4 Å². The van der Waals surface area contributed by atoms with E-state index < -0.39 is 26.7 Å². The molecule has 0 aromatic heterocycles. The predicted molar refractivity (Wildman–Crippen MR) is 94.1 cm³/mol. The summed E-state index contributed by atoms with van der Waals surface area (Å²) in [5, 5.41) is 9.84. The van der Waals surface area contributed by atoms with Gasteiger partial charge >= 0.3 is 6.18 Å². The van der Waals surface area contributed by atoms with Gasteiger partial charge in [-0.2, -0.15) is 13.2 Å². The number of hydrogen-bond donors (Lipinski definition) is 2. The first-order valence-electron chi connectivity index (χ1n) is 7.60. The van der Waals surface area contributed by atoms with Gasteiger partial charge in [-0.3, -0.25) is 0 Å². The summed E-state index contributed by atoms with van der Waals surface area (Å²) in [6, 6.07) is 16.3. The van der Waals surface area contributed by atoms with E-state index in [0.29, 0.717) is 0 Å². The molecule has 0 aliphatic heterocycles. The number of anilines is 1. The highest BCUT2D eigenvalue weighted by Crippen LogP contribution is 2.35. The Bertz CT molecular complexity index is 1060. The first-order chi connectivity index (χ1) is 12.1. The number of hydrogen-bond acceptors (Lipinski definition) is 3. The zero-order valence-electron chi connectivity index (χ0n) is 13.4. The molecule has 26 heavy (non-hydrogen) atoms. The fourth-order valence-corrected chi connectivity index (χ4v) is 3.40. The average molecular weight is 380 g/mol. The maximum Gasteiger partial charge on any atom is 0.417 e. The third kappa shape index (κ3) is 3.97. The van der Waals surface area contributed by atoms with Gasteiger partial charge in [0.2, 0.25) is 10.0 Å². The summed E-state index contributed by atoms with van der Waals surface area (Å²) in [4.78, 5) is -0.943. The lowest BCUT2D eigenvalue weighted by Gasteiger charge is -2.14. The number of fused-ring (bicyclic) bond motifs is 1. The van der Waals surface area contributed by atoms with Crippen LogP contribution in [-0.2, 0) is 22.7 Å². The first-order valence-corrected chi connectivity index (χ1v) is 9.15. The van der Waals surface area contributed by atoms with Crippen molar-refractivity contribution in [3.05, 3.63) is 71.8 Å². The van der Waals surface area contributed by atoms with Gasteiger partial charge in [0.05, 0.1) is 10.5 Å². The summed E-state index contributed by atoms with van der Waals surface area (Å²) in [5.74, 6) is 0. The lowest BCUT2D eigenvalue weighted by molar-refractivity contribution is -0.139. The molecule has 0 radical (unpaired) electrons. The molecule has 3 aromatic rings. The molecule has 4 nitrogen and oxygen atoms in total. The van der Waals surface area contributed by atoms with Crippen LogP contribution in [0.15, 0.2) is 65.6 Å². The standard InChI is InChI=1S/C18H15F3N2O2S/c19-18(20,21)16-10-15(7-8-17(16)26(22,24)25)23-11-12-5-6-13-3-1-2-4-14(13)9-12/h1-10,23H,11H2,(H2,22,24,25). The molecule has 0 bridgehead atoms. The molecule has 0 aliphatic rings. The average Bonchev–Trinajstić information content (AvgIpc) is 2.58. The lowest BCUT2D eigenvalue weighted by atomic mass is 10.1. The Morgan fingerprint density at radius 2 is 1.62 bits per heavy atom. The maximum atomic E-state index is 13.1. The van der Waals surface area contributed by atoms with Crippen molar-refractivity contribution in [1.29, 1.82) is 0 Å². The van der Waals surface area contributed by atoms with Gasteiger partial charge in [0.25, 0.3) is 0 Å². The van der Waals surface area contributed by atoms with E-state index in [-0.39, 0.29) is 12.2 Å². The van der Waals surface area contributed by atoms with E-state index in [1.165, 1.54) is 6.07 Å². The topological polar surface area (TPSA) is 72.2 Å². The molecule has 0 amide bonds. The second-order valence-electron chi connectivity index (χ2n) is 5.79. The minimum Gasteiger partial charge on any atom is -0.381 e. The van der Waals surface area contributed by atoms with Gasteiger partial charge in [-0.15, -0.1) is 0 Å². The van der Waals surface area contributed by atoms with Gasteiger partial charge in [-0.25, -0.2) is 13.6 Å². The van der Waals surface area contributed by atoms with E-state index in [9.17, 15) is 21.6 Å². The monoisotopic (exact) mass is 380 g/mol. The highest BCUT2D eigenvalue weighted by molar-refractivity contribution is 7.89. The molecule has 3 aromatic carbocycles. The van der Waals surface area contributed by atoms with Gasteiger partial charge in [0, 0.05) is 12.2 Å². The van der Waals surface area contributed by atoms with E-state index in [1.54, 1.807) is 0 Å². The quantitative estimate of drug-likeness (QED) is 0.715. The largest absolute Gasteiger partial charge is 0.417 e. The molecule has 0 aliphatic carbocycles. The Morgan fingerprint density at radius 1 is 0.923 bits per heavy atom. The van der Waals surface area contributed by atoms with E-state index in [1.807, 2.05) is 42.5 Å². The minimum absolute atomic E-state index is 0.151. The van der Waals surface area contributed by atoms with Crippen molar-refractivity contribution in [3.8, 4) is 0 Å². The molecule has 0 fully saturated rings. The van der Waals surface area contributed by atoms with Gasteiger partial charge in [0.1, 0.15) is 0 Å². The van der Waals surface area contributed by atoms with Gasteiger partial charge < -0.3 is 5.32 Å². The van der Waals surface area contributed by atoms with Crippen LogP contribution in [0.4, 0.5) is 18.9 Å². The van der Waals surface area contributed by atoms with Gasteiger partial charge in [-0.05, 0) is 40.6 Å². The molecule has 0 unspecified atom stereocenters. The van der Waals surface area contributed by atoms with Crippen molar-refractivity contribution in [1.82, 2.24) is 0 Å². The van der Waals surface area contributed by atoms with Crippen LogP contribution in [0.1, 0.15) is 11.1 Å². The molecule has 136 valence electrons. The molecule has 8 heteroatoms. The third-order valence-electron chi connectivity index (χ3n) is 3.90. The number of halogens is 3. The van der Waals surface area contributed by atoms with Crippen LogP contribution in [0.2, 0.25) is 0 Å². The Hall–Kier alpha value is -2.58. The van der Waals surface area contributed by atoms with Crippen molar-refractivity contribution < 1.29 is 21.6 Å². The Labute approximate surface area is 148 Å². The number of rotatable bonds is 4. The molecular formula is C18H15F3N2O2S. The predicted octanol–water partition coefficient (Wildman–Crippen LogP) is 4.12. The highest BCUT2D eigenvalue weighted by Gasteiger charge is 2.36. The van der Waals surface area contributed by atoms with Crippen molar-refractivity contribution in [2.45, 2.75) is 17.6 Å². The Morgan fingerprint density at radius 3 is 2.27 bits per heavy atom. The third-order valence-corrected chi connectivity index (χ3v) is 4.87. The van der Waals surface area contributed by atoms with Crippen LogP contribution in [0.3, 0.4) is 0 Å². The van der Waals surface area contributed by atoms with Crippen molar-refractivity contribution in [3.63, 3.8) is 0 Å². The SMILES string of the molecule is NS(=O)(=O)c1ccc(NCc2ccc3ccccc3c2)cc1C(F)(F)F. The second-order valence-corrected chi connectivity index (χ2v) is 7.32. The summed E-state index contributed by atoms with van der Waals surface area (Å²) in [6.07, 6.45) is -4.83. The fraction of sp³-hybridized carbons (Fsp3) is 0.111. The van der Waals surface area contributed by atoms with Crippen LogP contribution in [0, 0.1) is 0 Å². The highest BCUT2D eigenvalue weighted by atomic mass is 32.2. The smallest absolute Gasteiger partial charge is 0.381 e. The molecule has 0 heterocycles. The number of sulfonamides is 1. The number of nitrogens with two attached hydrogens (primary N) is 1. The summed E-state index contributed by atoms with van der Waals surface area (Å²) in [6.45, 7) is 0.289. The zero-order valence-corrected chi connectivity index (χ0v) is 14.2. The number of alkyl halides is 3. The summed E-state index contributed by atoms with van der Waals surface area (Å²) in [5.41, 5.74) is -0.255. The molecule has 0 spiro atoms. The molecule has 3 N–H and O–H groups in total. The zero-order chi connectivity index (χ0) is 18.9.